The summed E-state index contributed by atoms with van der Waals surface area (Å²) in [5.41, 5.74) is 0.905. The molecule has 0 spiro atoms. The predicted molar refractivity (Wildman–Crippen MR) is 95.1 cm³/mol. The Kier molecular flexibility index (Phi) is 6.86. The standard InChI is InChI=1S/C16H20ClN3O3.ClH/c17-11-3-4-13(19-15(21)14-10-18-5-8-23-14)12(9-11)16(22)20-6-1-2-7-20;/h3-4,9,14,18H,1-2,5-8,10H2,(H,19,21);1H. The predicted octanol–water partition coefficient (Wildman–Crippen LogP) is 1.92. The van der Waals surface area contributed by atoms with Crippen LogP contribution in [0.15, 0.2) is 18.2 Å². The number of hydrogen-bond acceptors (Lipinski definition) is 4. The minimum absolute atomic E-state index is 0. The van der Waals surface area contributed by atoms with Crippen LogP contribution in [0, 0.1) is 0 Å². The molecule has 2 fully saturated rings. The van der Waals surface area contributed by atoms with E-state index in [1.165, 1.54) is 0 Å². The van der Waals surface area contributed by atoms with Crippen molar-refractivity contribution in [2.24, 2.45) is 0 Å². The van der Waals surface area contributed by atoms with Crippen molar-refractivity contribution in [3.8, 4) is 0 Å². The number of benzene rings is 1. The summed E-state index contributed by atoms with van der Waals surface area (Å²) in [4.78, 5) is 26.8. The van der Waals surface area contributed by atoms with E-state index < -0.39 is 6.10 Å². The fourth-order valence-electron chi connectivity index (χ4n) is 2.84. The van der Waals surface area contributed by atoms with Crippen LogP contribution in [-0.4, -0.2) is 55.6 Å². The van der Waals surface area contributed by atoms with Crippen molar-refractivity contribution < 1.29 is 14.3 Å². The average Bonchev–Trinajstić information content (AvgIpc) is 3.11. The van der Waals surface area contributed by atoms with Gasteiger partial charge in [0.2, 0.25) is 0 Å². The normalized spacial score (nSPS) is 20.4. The van der Waals surface area contributed by atoms with Gasteiger partial charge in [0.25, 0.3) is 11.8 Å². The topological polar surface area (TPSA) is 70.7 Å². The molecule has 3 rings (SSSR count). The molecule has 0 saturated carbocycles. The Morgan fingerprint density at radius 3 is 2.71 bits per heavy atom. The number of carbonyl (C=O) groups excluding carboxylic acids is 2. The summed E-state index contributed by atoms with van der Waals surface area (Å²) in [6.45, 7) is 3.19. The van der Waals surface area contributed by atoms with Gasteiger partial charge < -0.3 is 20.3 Å². The highest BCUT2D eigenvalue weighted by Gasteiger charge is 2.26. The van der Waals surface area contributed by atoms with Crippen molar-refractivity contribution in [1.82, 2.24) is 10.2 Å². The Bertz CT molecular complexity index is 600. The summed E-state index contributed by atoms with van der Waals surface area (Å²) < 4.78 is 5.44. The average molecular weight is 374 g/mol. The first-order valence-corrected chi connectivity index (χ1v) is 8.25. The second-order valence-electron chi connectivity index (χ2n) is 5.74. The first-order valence-electron chi connectivity index (χ1n) is 7.87. The van der Waals surface area contributed by atoms with Crippen molar-refractivity contribution in [3.63, 3.8) is 0 Å². The number of nitrogens with zero attached hydrogens (tertiary/aromatic N) is 1. The molecule has 0 bridgehead atoms. The number of likely N-dealkylation sites (tertiary alicyclic amines) is 1. The Balaban J connectivity index is 0.00000208. The van der Waals surface area contributed by atoms with E-state index >= 15 is 0 Å². The van der Waals surface area contributed by atoms with Crippen LogP contribution >= 0.6 is 24.0 Å². The van der Waals surface area contributed by atoms with Gasteiger partial charge in [-0.15, -0.1) is 12.4 Å². The van der Waals surface area contributed by atoms with E-state index in [0.29, 0.717) is 29.4 Å². The van der Waals surface area contributed by atoms with Gasteiger partial charge in [-0.2, -0.15) is 0 Å². The second-order valence-corrected chi connectivity index (χ2v) is 6.18. The van der Waals surface area contributed by atoms with Gasteiger partial charge >= 0.3 is 0 Å². The lowest BCUT2D eigenvalue weighted by Crippen LogP contribution is -2.45. The minimum Gasteiger partial charge on any atom is -0.366 e. The van der Waals surface area contributed by atoms with Crippen LogP contribution in [0.25, 0.3) is 0 Å². The zero-order valence-corrected chi connectivity index (χ0v) is 14.8. The Hall–Kier alpha value is -1.34. The van der Waals surface area contributed by atoms with Gasteiger partial charge in [-0.25, -0.2) is 0 Å². The molecule has 0 radical (unpaired) electrons. The number of rotatable bonds is 3. The summed E-state index contributed by atoms with van der Waals surface area (Å²) in [5.74, 6) is -0.349. The number of halogens is 2. The lowest BCUT2D eigenvalue weighted by atomic mass is 10.1. The summed E-state index contributed by atoms with van der Waals surface area (Å²) in [5, 5.41) is 6.39. The van der Waals surface area contributed by atoms with Crippen LogP contribution in [0.3, 0.4) is 0 Å². The van der Waals surface area contributed by atoms with Crippen LogP contribution < -0.4 is 10.6 Å². The van der Waals surface area contributed by atoms with Gasteiger partial charge in [-0.3, -0.25) is 9.59 Å². The molecule has 2 amide bonds. The Labute approximate surface area is 152 Å². The lowest BCUT2D eigenvalue weighted by molar-refractivity contribution is -0.128. The monoisotopic (exact) mass is 373 g/mol. The number of nitrogens with one attached hydrogen (secondary N) is 2. The van der Waals surface area contributed by atoms with Crippen LogP contribution in [0.2, 0.25) is 5.02 Å². The zero-order valence-electron chi connectivity index (χ0n) is 13.2. The summed E-state index contributed by atoms with van der Waals surface area (Å²) in [6.07, 6.45) is 1.47. The van der Waals surface area contributed by atoms with Crippen LogP contribution in [0.5, 0.6) is 0 Å². The molecule has 2 saturated heterocycles. The van der Waals surface area contributed by atoms with Gasteiger partial charge in [0.15, 0.2) is 0 Å². The van der Waals surface area contributed by atoms with E-state index in [4.69, 9.17) is 16.3 Å². The van der Waals surface area contributed by atoms with Gasteiger partial charge in [0, 0.05) is 31.2 Å². The van der Waals surface area contributed by atoms with Gasteiger partial charge in [-0.05, 0) is 31.0 Å². The summed E-state index contributed by atoms with van der Waals surface area (Å²) in [6, 6.07) is 4.94. The molecule has 2 aliphatic heterocycles. The smallest absolute Gasteiger partial charge is 0.256 e. The van der Waals surface area contributed by atoms with Crippen molar-refractivity contribution in [3.05, 3.63) is 28.8 Å². The highest BCUT2D eigenvalue weighted by Crippen LogP contribution is 2.24. The van der Waals surface area contributed by atoms with E-state index in [-0.39, 0.29) is 24.2 Å². The number of amides is 2. The SMILES string of the molecule is Cl.O=C(Nc1ccc(Cl)cc1C(=O)N1CCCC1)C1CNCCO1. The molecule has 8 heteroatoms. The largest absolute Gasteiger partial charge is 0.366 e. The van der Waals surface area contributed by atoms with E-state index in [1.54, 1.807) is 23.1 Å². The number of carbonyl (C=O) groups is 2. The first-order chi connectivity index (χ1) is 11.1. The minimum atomic E-state index is -0.547. The molecule has 1 aromatic carbocycles. The molecule has 2 aliphatic rings. The van der Waals surface area contributed by atoms with Crippen LogP contribution in [-0.2, 0) is 9.53 Å². The maximum atomic E-state index is 12.7. The number of ether oxygens (including phenoxy) is 1. The molecule has 1 aromatic rings. The van der Waals surface area contributed by atoms with E-state index in [2.05, 4.69) is 10.6 Å². The first kappa shape index (κ1) is 19.0. The number of morpholine rings is 1. The molecule has 2 heterocycles. The molecule has 24 heavy (non-hydrogen) atoms. The van der Waals surface area contributed by atoms with Crippen molar-refractivity contribution in [2.45, 2.75) is 18.9 Å². The van der Waals surface area contributed by atoms with E-state index in [0.717, 1.165) is 32.5 Å². The van der Waals surface area contributed by atoms with E-state index in [9.17, 15) is 9.59 Å². The van der Waals surface area contributed by atoms with Crippen LogP contribution in [0.1, 0.15) is 23.2 Å². The summed E-state index contributed by atoms with van der Waals surface area (Å²) in [7, 11) is 0. The maximum absolute atomic E-state index is 12.7. The van der Waals surface area contributed by atoms with Gasteiger partial charge in [-0.1, -0.05) is 11.6 Å². The third kappa shape index (κ3) is 4.39. The van der Waals surface area contributed by atoms with Crippen molar-refractivity contribution in [2.75, 3.05) is 38.1 Å². The fourth-order valence-corrected chi connectivity index (χ4v) is 3.01. The highest BCUT2D eigenvalue weighted by molar-refractivity contribution is 6.31. The molecule has 6 nitrogen and oxygen atoms in total. The molecular formula is C16H21Cl2N3O3. The van der Waals surface area contributed by atoms with E-state index in [1.807, 2.05) is 0 Å². The molecule has 1 atom stereocenters. The third-order valence-electron chi connectivity index (χ3n) is 4.08. The maximum Gasteiger partial charge on any atom is 0.256 e. The number of hydrogen-bond donors (Lipinski definition) is 2. The van der Waals surface area contributed by atoms with Crippen molar-refractivity contribution >= 4 is 41.5 Å². The molecule has 0 aromatic heterocycles. The number of anilines is 1. The Morgan fingerprint density at radius 1 is 1.29 bits per heavy atom. The zero-order chi connectivity index (χ0) is 16.2. The fraction of sp³-hybridized carbons (Fsp3) is 0.500. The molecule has 1 unspecified atom stereocenters. The van der Waals surface area contributed by atoms with Gasteiger partial charge in [0.05, 0.1) is 17.9 Å². The third-order valence-corrected chi connectivity index (χ3v) is 4.32. The highest BCUT2D eigenvalue weighted by atomic mass is 35.5. The second kappa shape index (κ2) is 8.67. The molecular weight excluding hydrogens is 353 g/mol. The van der Waals surface area contributed by atoms with Crippen molar-refractivity contribution in [1.29, 1.82) is 0 Å². The molecule has 0 aliphatic carbocycles. The quantitative estimate of drug-likeness (QED) is 0.848. The lowest BCUT2D eigenvalue weighted by Gasteiger charge is -2.24. The van der Waals surface area contributed by atoms with Crippen LogP contribution in [0.4, 0.5) is 5.69 Å². The molecule has 132 valence electrons. The summed E-state index contributed by atoms with van der Waals surface area (Å²) >= 11 is 6.03. The molecule has 2 N–H and O–H groups in total. The Morgan fingerprint density at radius 2 is 2.04 bits per heavy atom. The van der Waals surface area contributed by atoms with Gasteiger partial charge in [0.1, 0.15) is 6.10 Å².